The van der Waals surface area contributed by atoms with Crippen LogP contribution in [0.15, 0.2) is 71.6 Å². The minimum Gasteiger partial charge on any atom is -0.365 e. The van der Waals surface area contributed by atoms with E-state index in [9.17, 15) is 9.59 Å². The normalized spacial score (nSPS) is 12.9. The van der Waals surface area contributed by atoms with Gasteiger partial charge in [0.05, 0.1) is 5.69 Å². The average Bonchev–Trinajstić information content (AvgIpc) is 2.75. The lowest BCUT2D eigenvalue weighted by molar-refractivity contribution is 0.101. The number of carbonyl (C=O) groups excluding carboxylic acids is 2. The third-order valence-corrected chi connectivity index (χ3v) is 6.24. The summed E-state index contributed by atoms with van der Waals surface area (Å²) < 4.78 is 0. The molecule has 0 saturated heterocycles. The van der Waals surface area contributed by atoms with E-state index in [0.717, 1.165) is 24.5 Å². The summed E-state index contributed by atoms with van der Waals surface area (Å²) in [6.07, 6.45) is 0. The van der Waals surface area contributed by atoms with Crippen molar-refractivity contribution in [3.05, 3.63) is 89.0 Å². The zero-order chi connectivity index (χ0) is 21.1. The molecule has 3 aromatic carbocycles. The number of nitrogens with zero attached hydrogens (tertiary/aromatic N) is 1. The number of amides is 1. The molecule has 1 aliphatic heterocycles. The predicted molar refractivity (Wildman–Crippen MR) is 124 cm³/mol. The molecule has 0 aromatic heterocycles. The SMILES string of the molecule is CC(=O)c1cccc(NC(=O)c2ccc3c(c2)N(Cc2ccc(C)cc2)CCS3)c1. The molecule has 1 heterocycles. The zero-order valence-electron chi connectivity index (χ0n) is 17.1. The van der Waals surface area contributed by atoms with Crippen molar-refractivity contribution in [3.63, 3.8) is 0 Å². The van der Waals surface area contributed by atoms with Crippen LogP contribution in [0, 0.1) is 6.92 Å². The zero-order valence-corrected chi connectivity index (χ0v) is 18.0. The Morgan fingerprint density at radius 3 is 2.57 bits per heavy atom. The van der Waals surface area contributed by atoms with Crippen LogP contribution in [0.3, 0.4) is 0 Å². The number of nitrogens with one attached hydrogen (secondary N) is 1. The van der Waals surface area contributed by atoms with Crippen molar-refractivity contribution in [2.45, 2.75) is 25.3 Å². The molecule has 0 radical (unpaired) electrons. The van der Waals surface area contributed by atoms with Crippen LogP contribution < -0.4 is 10.2 Å². The van der Waals surface area contributed by atoms with Gasteiger partial charge in [0.15, 0.2) is 5.78 Å². The first-order valence-corrected chi connectivity index (χ1v) is 11.0. The lowest BCUT2D eigenvalue weighted by atomic mass is 10.1. The van der Waals surface area contributed by atoms with Crippen LogP contribution in [0.25, 0.3) is 0 Å². The number of rotatable bonds is 5. The van der Waals surface area contributed by atoms with Gasteiger partial charge in [-0.2, -0.15) is 0 Å². The van der Waals surface area contributed by atoms with Gasteiger partial charge in [-0.3, -0.25) is 9.59 Å². The van der Waals surface area contributed by atoms with Crippen molar-refractivity contribution < 1.29 is 9.59 Å². The maximum Gasteiger partial charge on any atom is 0.255 e. The van der Waals surface area contributed by atoms with E-state index in [-0.39, 0.29) is 11.7 Å². The van der Waals surface area contributed by atoms with Gasteiger partial charge in [0.25, 0.3) is 5.91 Å². The monoisotopic (exact) mass is 416 g/mol. The molecule has 152 valence electrons. The number of hydrogen-bond donors (Lipinski definition) is 1. The molecule has 0 bridgehead atoms. The summed E-state index contributed by atoms with van der Waals surface area (Å²) in [7, 11) is 0. The van der Waals surface area contributed by atoms with Crippen molar-refractivity contribution in [3.8, 4) is 0 Å². The Hall–Kier alpha value is -3.05. The summed E-state index contributed by atoms with van der Waals surface area (Å²) in [5.74, 6) is 0.829. The highest BCUT2D eigenvalue weighted by atomic mass is 32.2. The van der Waals surface area contributed by atoms with Crippen LogP contribution in [-0.2, 0) is 6.54 Å². The van der Waals surface area contributed by atoms with Crippen LogP contribution in [0.5, 0.6) is 0 Å². The molecule has 1 aliphatic rings. The van der Waals surface area contributed by atoms with Gasteiger partial charge in [-0.1, -0.05) is 42.0 Å². The van der Waals surface area contributed by atoms with E-state index < -0.39 is 0 Å². The van der Waals surface area contributed by atoms with E-state index in [0.29, 0.717) is 16.8 Å². The van der Waals surface area contributed by atoms with Crippen molar-refractivity contribution in [1.82, 2.24) is 0 Å². The molecule has 0 spiro atoms. The Bertz CT molecular complexity index is 1090. The Labute approximate surface area is 181 Å². The second kappa shape index (κ2) is 8.76. The lowest BCUT2D eigenvalue weighted by Crippen LogP contribution is -2.29. The van der Waals surface area contributed by atoms with Gasteiger partial charge in [-0.05, 0) is 49.7 Å². The van der Waals surface area contributed by atoms with Gasteiger partial charge in [0.2, 0.25) is 0 Å². The first kappa shape index (κ1) is 20.2. The van der Waals surface area contributed by atoms with Crippen molar-refractivity contribution >= 4 is 34.8 Å². The molecule has 0 fully saturated rings. The highest BCUT2D eigenvalue weighted by molar-refractivity contribution is 7.99. The maximum absolute atomic E-state index is 12.9. The number of fused-ring (bicyclic) bond motifs is 1. The first-order chi connectivity index (χ1) is 14.5. The van der Waals surface area contributed by atoms with Crippen LogP contribution in [0.1, 0.15) is 38.8 Å². The Balaban J connectivity index is 1.55. The van der Waals surface area contributed by atoms with Gasteiger partial charge in [0.1, 0.15) is 0 Å². The molecule has 4 rings (SSSR count). The molecular weight excluding hydrogens is 392 g/mol. The second-order valence-electron chi connectivity index (χ2n) is 7.53. The Morgan fingerprint density at radius 1 is 1.00 bits per heavy atom. The summed E-state index contributed by atoms with van der Waals surface area (Å²) in [4.78, 5) is 28.0. The average molecular weight is 417 g/mol. The molecule has 0 atom stereocenters. The summed E-state index contributed by atoms with van der Waals surface area (Å²) in [5, 5.41) is 2.91. The largest absolute Gasteiger partial charge is 0.365 e. The van der Waals surface area contributed by atoms with Gasteiger partial charge in [-0.25, -0.2) is 0 Å². The van der Waals surface area contributed by atoms with Crippen molar-refractivity contribution in [1.29, 1.82) is 0 Å². The maximum atomic E-state index is 12.9. The van der Waals surface area contributed by atoms with Gasteiger partial charge in [0, 0.05) is 40.6 Å². The molecule has 1 amide bonds. The number of anilines is 2. The first-order valence-electron chi connectivity index (χ1n) is 9.99. The van der Waals surface area contributed by atoms with Crippen molar-refractivity contribution in [2.75, 3.05) is 22.5 Å². The van der Waals surface area contributed by atoms with Crippen LogP contribution in [-0.4, -0.2) is 24.0 Å². The van der Waals surface area contributed by atoms with E-state index >= 15 is 0 Å². The van der Waals surface area contributed by atoms with Gasteiger partial charge in [-0.15, -0.1) is 11.8 Å². The molecule has 5 heteroatoms. The third kappa shape index (κ3) is 4.57. The van der Waals surface area contributed by atoms with Crippen LogP contribution in [0.2, 0.25) is 0 Å². The molecular formula is C25H24N2O2S. The van der Waals surface area contributed by atoms with E-state index in [1.807, 2.05) is 30.0 Å². The fraction of sp³-hybridized carbons (Fsp3) is 0.200. The molecule has 0 unspecified atom stereocenters. The highest BCUT2D eigenvalue weighted by Gasteiger charge is 2.20. The number of Topliss-reactive ketones (excluding diaryl/α,β-unsaturated/α-hetero) is 1. The van der Waals surface area contributed by atoms with Crippen LogP contribution >= 0.6 is 11.8 Å². The summed E-state index contributed by atoms with van der Waals surface area (Å²) in [5.41, 5.74) is 5.42. The number of benzene rings is 3. The van der Waals surface area contributed by atoms with Crippen molar-refractivity contribution in [2.24, 2.45) is 0 Å². The van der Waals surface area contributed by atoms with E-state index in [4.69, 9.17) is 0 Å². The molecule has 0 saturated carbocycles. The highest BCUT2D eigenvalue weighted by Crippen LogP contribution is 2.36. The van der Waals surface area contributed by atoms with E-state index in [1.54, 1.807) is 24.3 Å². The minimum absolute atomic E-state index is 0.0244. The fourth-order valence-corrected chi connectivity index (χ4v) is 4.54. The minimum atomic E-state index is -0.177. The quantitative estimate of drug-likeness (QED) is 0.553. The van der Waals surface area contributed by atoms with E-state index in [2.05, 4.69) is 41.4 Å². The molecule has 4 nitrogen and oxygen atoms in total. The second-order valence-corrected chi connectivity index (χ2v) is 8.67. The molecule has 30 heavy (non-hydrogen) atoms. The van der Waals surface area contributed by atoms with Gasteiger partial charge >= 0.3 is 0 Å². The van der Waals surface area contributed by atoms with E-state index in [1.165, 1.54) is 22.9 Å². The predicted octanol–water partition coefficient (Wildman–Crippen LogP) is 5.56. The smallest absolute Gasteiger partial charge is 0.255 e. The third-order valence-electron chi connectivity index (χ3n) is 5.20. The number of hydrogen-bond acceptors (Lipinski definition) is 4. The number of aryl methyl sites for hydroxylation is 1. The summed E-state index contributed by atoms with van der Waals surface area (Å²) in [6, 6.07) is 21.5. The molecule has 0 aliphatic carbocycles. The number of carbonyl (C=O) groups is 2. The Morgan fingerprint density at radius 2 is 1.80 bits per heavy atom. The van der Waals surface area contributed by atoms with Crippen LogP contribution in [0.4, 0.5) is 11.4 Å². The summed E-state index contributed by atoms with van der Waals surface area (Å²) in [6.45, 7) is 5.37. The fourth-order valence-electron chi connectivity index (χ4n) is 3.51. The van der Waals surface area contributed by atoms with Gasteiger partial charge < -0.3 is 10.2 Å². The summed E-state index contributed by atoms with van der Waals surface area (Å²) >= 11 is 1.82. The Kier molecular flexibility index (Phi) is 5.91. The lowest BCUT2D eigenvalue weighted by Gasteiger charge is -2.31. The number of thioether (sulfide) groups is 1. The number of ketones is 1. The molecule has 3 aromatic rings. The molecule has 1 N–H and O–H groups in total. The topological polar surface area (TPSA) is 49.4 Å². The standard InChI is InChI=1S/C25H24N2O2S/c1-17-6-8-19(9-7-17)16-27-12-13-30-24-11-10-21(15-23(24)27)25(29)26-22-5-3-4-20(14-22)18(2)28/h3-11,14-15H,12-13,16H2,1-2H3,(H,26,29).